The van der Waals surface area contributed by atoms with Gasteiger partial charge < -0.3 is 15.1 Å². The third-order valence-corrected chi connectivity index (χ3v) is 6.21. The Bertz CT molecular complexity index is 836. The van der Waals surface area contributed by atoms with Gasteiger partial charge in [-0.25, -0.2) is 0 Å². The molecule has 27 heavy (non-hydrogen) atoms. The van der Waals surface area contributed by atoms with Gasteiger partial charge in [0.25, 0.3) is 0 Å². The van der Waals surface area contributed by atoms with Crippen molar-refractivity contribution in [3.63, 3.8) is 0 Å². The van der Waals surface area contributed by atoms with E-state index in [1.807, 2.05) is 12.3 Å². The van der Waals surface area contributed by atoms with E-state index in [-0.39, 0.29) is 11.9 Å². The van der Waals surface area contributed by atoms with Crippen LogP contribution in [0.2, 0.25) is 0 Å². The van der Waals surface area contributed by atoms with Crippen LogP contribution in [0.5, 0.6) is 0 Å². The Kier molecular flexibility index (Phi) is 5.04. The average Bonchev–Trinajstić information content (AvgIpc) is 3.21. The number of pyridine rings is 1. The Morgan fingerprint density at radius 1 is 1.26 bits per heavy atom. The molecule has 2 aliphatic rings. The molecule has 1 N–H and O–H groups in total. The first-order chi connectivity index (χ1) is 13.0. The van der Waals surface area contributed by atoms with Gasteiger partial charge in [-0.3, -0.25) is 9.78 Å². The molecule has 2 saturated heterocycles. The SMILES string of the molecule is Cc1ccc(N2C[C@@H](C)[C@@H](NC(=O)C[C@@H]3CCN(C)C3)C2)c2cccnc12. The topological polar surface area (TPSA) is 48.5 Å². The van der Waals surface area contributed by atoms with Crippen LogP contribution >= 0.6 is 0 Å². The number of likely N-dealkylation sites (tertiary alicyclic amines) is 1. The zero-order chi connectivity index (χ0) is 19.0. The van der Waals surface area contributed by atoms with Crippen molar-refractivity contribution in [2.24, 2.45) is 11.8 Å². The van der Waals surface area contributed by atoms with Crippen LogP contribution in [-0.2, 0) is 4.79 Å². The van der Waals surface area contributed by atoms with E-state index < -0.39 is 0 Å². The molecule has 0 radical (unpaired) electrons. The predicted octanol–water partition coefficient (Wildman–Crippen LogP) is 2.83. The largest absolute Gasteiger partial charge is 0.369 e. The van der Waals surface area contributed by atoms with Crippen molar-refractivity contribution in [3.8, 4) is 0 Å². The van der Waals surface area contributed by atoms with Crippen molar-refractivity contribution in [1.29, 1.82) is 0 Å². The summed E-state index contributed by atoms with van der Waals surface area (Å²) >= 11 is 0. The van der Waals surface area contributed by atoms with Crippen LogP contribution in [0.1, 0.15) is 25.3 Å². The molecule has 5 heteroatoms. The third-order valence-electron chi connectivity index (χ3n) is 6.21. The second-order valence-corrected chi connectivity index (χ2v) is 8.48. The lowest BCUT2D eigenvalue weighted by Crippen LogP contribution is -2.40. The van der Waals surface area contributed by atoms with E-state index >= 15 is 0 Å². The van der Waals surface area contributed by atoms with E-state index in [0.717, 1.165) is 38.1 Å². The lowest BCUT2D eigenvalue weighted by atomic mass is 10.0. The summed E-state index contributed by atoms with van der Waals surface area (Å²) < 4.78 is 0. The van der Waals surface area contributed by atoms with E-state index in [2.05, 4.69) is 59.2 Å². The number of aromatic nitrogens is 1. The zero-order valence-electron chi connectivity index (χ0n) is 16.6. The van der Waals surface area contributed by atoms with Gasteiger partial charge in [0.05, 0.1) is 11.6 Å². The number of amides is 1. The number of carbonyl (C=O) groups is 1. The smallest absolute Gasteiger partial charge is 0.220 e. The maximum Gasteiger partial charge on any atom is 0.220 e. The van der Waals surface area contributed by atoms with Gasteiger partial charge >= 0.3 is 0 Å². The molecule has 2 aromatic rings. The summed E-state index contributed by atoms with van der Waals surface area (Å²) in [7, 11) is 2.13. The van der Waals surface area contributed by atoms with Crippen LogP contribution in [-0.4, -0.2) is 55.1 Å². The Labute approximate surface area is 161 Å². The van der Waals surface area contributed by atoms with Crippen molar-refractivity contribution in [3.05, 3.63) is 36.0 Å². The molecule has 0 spiro atoms. The molecule has 144 valence electrons. The maximum atomic E-state index is 12.5. The summed E-state index contributed by atoms with van der Waals surface area (Å²) in [5.41, 5.74) is 3.50. The number of fused-ring (bicyclic) bond motifs is 1. The quantitative estimate of drug-likeness (QED) is 0.904. The first-order valence-corrected chi connectivity index (χ1v) is 10.1. The van der Waals surface area contributed by atoms with Gasteiger partial charge in [-0.1, -0.05) is 13.0 Å². The minimum atomic E-state index is 0.212. The summed E-state index contributed by atoms with van der Waals surface area (Å²) in [6.45, 7) is 8.33. The molecule has 0 bridgehead atoms. The standard InChI is InChI=1S/C22H30N4O/c1-15-6-7-20(18-5-4-9-23-22(15)18)26-12-16(2)19(14-26)24-21(27)11-17-8-10-25(3)13-17/h4-7,9,16-17,19H,8,10-14H2,1-3H3,(H,24,27)/t16-,17+,19+/m1/s1. The molecule has 1 aromatic carbocycles. The average molecular weight is 367 g/mol. The Morgan fingerprint density at radius 3 is 2.89 bits per heavy atom. The number of aryl methyl sites for hydroxylation is 1. The minimum Gasteiger partial charge on any atom is -0.369 e. The summed E-state index contributed by atoms with van der Waals surface area (Å²) in [5.74, 6) is 1.16. The summed E-state index contributed by atoms with van der Waals surface area (Å²) in [6, 6.07) is 8.72. The number of anilines is 1. The van der Waals surface area contributed by atoms with E-state index in [1.54, 1.807) is 0 Å². The molecule has 3 atom stereocenters. The van der Waals surface area contributed by atoms with Crippen LogP contribution in [0, 0.1) is 18.8 Å². The van der Waals surface area contributed by atoms with E-state index in [9.17, 15) is 4.79 Å². The van der Waals surface area contributed by atoms with Gasteiger partial charge in [0.1, 0.15) is 0 Å². The van der Waals surface area contributed by atoms with Gasteiger partial charge in [-0.15, -0.1) is 0 Å². The molecular formula is C22H30N4O. The predicted molar refractivity (Wildman–Crippen MR) is 110 cm³/mol. The van der Waals surface area contributed by atoms with Crippen LogP contribution in [0.15, 0.2) is 30.5 Å². The third kappa shape index (κ3) is 3.79. The van der Waals surface area contributed by atoms with Gasteiger partial charge in [0.2, 0.25) is 5.91 Å². The van der Waals surface area contributed by atoms with Crippen molar-refractivity contribution in [1.82, 2.24) is 15.2 Å². The number of nitrogens with zero attached hydrogens (tertiary/aromatic N) is 3. The monoisotopic (exact) mass is 366 g/mol. The highest BCUT2D eigenvalue weighted by Crippen LogP contribution is 2.32. The molecule has 0 saturated carbocycles. The molecule has 0 aliphatic carbocycles. The zero-order valence-corrected chi connectivity index (χ0v) is 16.6. The molecule has 0 unspecified atom stereocenters. The second-order valence-electron chi connectivity index (χ2n) is 8.48. The summed E-state index contributed by atoms with van der Waals surface area (Å²) in [4.78, 5) is 21.8. The van der Waals surface area contributed by atoms with E-state index in [1.165, 1.54) is 16.6 Å². The lowest BCUT2D eigenvalue weighted by Gasteiger charge is -2.21. The van der Waals surface area contributed by atoms with Gasteiger partial charge in [-0.05, 0) is 62.5 Å². The van der Waals surface area contributed by atoms with E-state index in [0.29, 0.717) is 18.3 Å². The Morgan fingerprint density at radius 2 is 2.11 bits per heavy atom. The van der Waals surface area contributed by atoms with Crippen LogP contribution in [0.25, 0.3) is 10.9 Å². The second kappa shape index (κ2) is 7.47. The van der Waals surface area contributed by atoms with Crippen molar-refractivity contribution in [2.45, 2.75) is 32.7 Å². The molecular weight excluding hydrogens is 336 g/mol. The maximum absolute atomic E-state index is 12.5. The van der Waals surface area contributed by atoms with Crippen molar-refractivity contribution < 1.29 is 4.79 Å². The molecule has 2 fully saturated rings. The summed E-state index contributed by atoms with van der Waals surface area (Å²) in [5, 5.41) is 4.51. The molecule has 2 aliphatic heterocycles. The fourth-order valence-electron chi connectivity index (χ4n) is 4.65. The number of nitrogens with one attached hydrogen (secondary N) is 1. The number of hydrogen-bond acceptors (Lipinski definition) is 4. The number of benzene rings is 1. The number of rotatable bonds is 4. The Hall–Kier alpha value is -2.14. The highest BCUT2D eigenvalue weighted by atomic mass is 16.1. The first kappa shape index (κ1) is 18.2. The summed E-state index contributed by atoms with van der Waals surface area (Å²) in [6.07, 6.45) is 3.65. The van der Waals surface area contributed by atoms with Crippen LogP contribution in [0.3, 0.4) is 0 Å². The first-order valence-electron chi connectivity index (χ1n) is 10.1. The van der Waals surface area contributed by atoms with Gasteiger partial charge in [0, 0.05) is 43.3 Å². The molecule has 5 nitrogen and oxygen atoms in total. The fraction of sp³-hybridized carbons (Fsp3) is 0.545. The normalized spacial score (nSPS) is 26.0. The molecule has 4 rings (SSSR count). The molecule has 1 amide bonds. The molecule has 1 aromatic heterocycles. The highest BCUT2D eigenvalue weighted by molar-refractivity contribution is 5.94. The number of carbonyl (C=O) groups excluding carboxylic acids is 1. The van der Waals surface area contributed by atoms with Gasteiger partial charge in [0.15, 0.2) is 0 Å². The van der Waals surface area contributed by atoms with Crippen molar-refractivity contribution in [2.75, 3.05) is 38.1 Å². The van der Waals surface area contributed by atoms with Gasteiger partial charge in [-0.2, -0.15) is 0 Å². The Balaban J connectivity index is 1.44. The highest BCUT2D eigenvalue weighted by Gasteiger charge is 2.32. The lowest BCUT2D eigenvalue weighted by molar-refractivity contribution is -0.122. The van der Waals surface area contributed by atoms with E-state index in [4.69, 9.17) is 0 Å². The number of hydrogen-bond donors (Lipinski definition) is 1. The minimum absolute atomic E-state index is 0.212. The molecule has 3 heterocycles. The fourth-order valence-corrected chi connectivity index (χ4v) is 4.65. The van der Waals surface area contributed by atoms with Crippen LogP contribution < -0.4 is 10.2 Å². The van der Waals surface area contributed by atoms with Crippen LogP contribution in [0.4, 0.5) is 5.69 Å². The van der Waals surface area contributed by atoms with Crippen molar-refractivity contribution >= 4 is 22.5 Å².